The number of anilines is 1. The summed E-state index contributed by atoms with van der Waals surface area (Å²) in [5.74, 6) is -0.136. The summed E-state index contributed by atoms with van der Waals surface area (Å²) in [6.45, 7) is 2.75. The van der Waals surface area contributed by atoms with Gasteiger partial charge in [-0.15, -0.1) is 5.10 Å². The zero-order valence-electron chi connectivity index (χ0n) is 17.3. The Balaban J connectivity index is 1.46. The lowest BCUT2D eigenvalue weighted by Crippen LogP contribution is -2.49. The second kappa shape index (κ2) is 8.80. The van der Waals surface area contributed by atoms with E-state index in [0.29, 0.717) is 35.2 Å². The lowest BCUT2D eigenvalue weighted by Gasteiger charge is -2.35. The van der Waals surface area contributed by atoms with Crippen LogP contribution in [0, 0.1) is 0 Å². The molecule has 0 saturated carbocycles. The van der Waals surface area contributed by atoms with Crippen LogP contribution in [0.1, 0.15) is 10.5 Å². The molecule has 0 aliphatic carbocycles. The van der Waals surface area contributed by atoms with Gasteiger partial charge in [-0.1, -0.05) is 47.1 Å². The molecule has 3 heterocycles. The summed E-state index contributed by atoms with van der Waals surface area (Å²) in [4.78, 5) is 21.7. The van der Waals surface area contributed by atoms with Crippen LogP contribution in [-0.4, -0.2) is 57.0 Å². The zero-order valence-corrected chi connectivity index (χ0v) is 18.1. The Morgan fingerprint density at radius 1 is 0.844 bits per heavy atom. The van der Waals surface area contributed by atoms with Crippen molar-refractivity contribution in [1.82, 2.24) is 24.9 Å². The van der Waals surface area contributed by atoms with Gasteiger partial charge >= 0.3 is 0 Å². The number of hydrogen-bond donors (Lipinski definition) is 0. The number of carbonyl (C=O) groups excluding carboxylic acids is 1. The molecule has 32 heavy (non-hydrogen) atoms. The van der Waals surface area contributed by atoms with E-state index in [1.807, 2.05) is 53.4 Å². The number of carbonyl (C=O) groups is 1. The number of nitrogens with zero attached hydrogens (tertiary/aromatic N) is 6. The number of amides is 1. The number of hydrogen-bond acceptors (Lipinski definition) is 5. The molecule has 0 radical (unpaired) electrons. The molecular formula is C24H21ClN6O. The van der Waals surface area contributed by atoms with Crippen molar-refractivity contribution in [2.45, 2.75) is 0 Å². The first kappa shape index (κ1) is 20.2. The Hall–Kier alpha value is -3.71. The normalized spacial score (nSPS) is 13.9. The maximum absolute atomic E-state index is 13.5. The molecule has 0 spiro atoms. The summed E-state index contributed by atoms with van der Waals surface area (Å²) in [6.07, 6.45) is 3.37. The van der Waals surface area contributed by atoms with Crippen molar-refractivity contribution in [2.75, 3.05) is 31.1 Å². The predicted octanol–water partition coefficient (Wildman–Crippen LogP) is 3.95. The molecule has 7 nitrogen and oxygen atoms in total. The number of aromatic nitrogens is 4. The van der Waals surface area contributed by atoms with E-state index in [9.17, 15) is 4.79 Å². The van der Waals surface area contributed by atoms with Gasteiger partial charge in [0.2, 0.25) is 0 Å². The molecule has 2 aromatic carbocycles. The molecule has 1 aliphatic heterocycles. The van der Waals surface area contributed by atoms with Crippen LogP contribution in [0.15, 0.2) is 79.1 Å². The lowest BCUT2D eigenvalue weighted by molar-refractivity contribution is 0.0741. The molecule has 0 atom stereocenters. The van der Waals surface area contributed by atoms with E-state index in [0.717, 1.165) is 18.7 Å². The average molecular weight is 445 g/mol. The monoisotopic (exact) mass is 444 g/mol. The topological polar surface area (TPSA) is 67.2 Å². The Kier molecular flexibility index (Phi) is 5.56. The Morgan fingerprint density at radius 3 is 2.25 bits per heavy atom. The molecule has 0 N–H and O–H groups in total. The van der Waals surface area contributed by atoms with Crippen LogP contribution in [0.2, 0.25) is 5.02 Å². The third-order valence-corrected chi connectivity index (χ3v) is 5.92. The van der Waals surface area contributed by atoms with Crippen LogP contribution in [0.5, 0.6) is 0 Å². The standard InChI is InChI=1S/C24H21ClN6O/c25-20-8-4-5-9-21(20)31-23(18-10-12-26-13-11-18)22(27-28-31)24(32)30-16-14-29(15-17-30)19-6-2-1-3-7-19/h1-13H,14-17H2. The van der Waals surface area contributed by atoms with Gasteiger partial charge in [-0.25, -0.2) is 4.68 Å². The zero-order chi connectivity index (χ0) is 21.9. The van der Waals surface area contributed by atoms with Crippen molar-refractivity contribution in [2.24, 2.45) is 0 Å². The van der Waals surface area contributed by atoms with Crippen LogP contribution in [0.4, 0.5) is 5.69 Å². The molecule has 1 amide bonds. The molecule has 0 unspecified atom stereocenters. The minimum Gasteiger partial charge on any atom is -0.368 e. The van der Waals surface area contributed by atoms with Gasteiger partial charge < -0.3 is 9.80 Å². The van der Waals surface area contributed by atoms with Gasteiger partial charge in [0.05, 0.1) is 10.7 Å². The maximum atomic E-state index is 13.5. The van der Waals surface area contributed by atoms with Crippen molar-refractivity contribution >= 4 is 23.2 Å². The number of halogens is 1. The van der Waals surface area contributed by atoms with Gasteiger partial charge in [0.1, 0.15) is 5.69 Å². The highest BCUT2D eigenvalue weighted by molar-refractivity contribution is 6.32. The van der Waals surface area contributed by atoms with Crippen LogP contribution >= 0.6 is 11.6 Å². The van der Waals surface area contributed by atoms with Crippen LogP contribution in [0.3, 0.4) is 0 Å². The second-order valence-electron chi connectivity index (χ2n) is 7.50. The van der Waals surface area contributed by atoms with Gasteiger partial charge in [0.25, 0.3) is 5.91 Å². The molecule has 160 valence electrons. The fraction of sp³-hybridized carbons (Fsp3) is 0.167. The highest BCUT2D eigenvalue weighted by Gasteiger charge is 2.29. The van der Waals surface area contributed by atoms with Gasteiger partial charge in [0, 0.05) is 49.8 Å². The maximum Gasteiger partial charge on any atom is 0.276 e. The second-order valence-corrected chi connectivity index (χ2v) is 7.91. The minimum absolute atomic E-state index is 0.136. The number of piperazine rings is 1. The van der Waals surface area contributed by atoms with Crippen molar-refractivity contribution < 1.29 is 4.79 Å². The summed E-state index contributed by atoms with van der Waals surface area (Å²) in [5.41, 5.74) is 3.56. The van der Waals surface area contributed by atoms with E-state index < -0.39 is 0 Å². The smallest absolute Gasteiger partial charge is 0.276 e. The van der Waals surface area contributed by atoms with Crippen molar-refractivity contribution in [3.8, 4) is 16.9 Å². The summed E-state index contributed by atoms with van der Waals surface area (Å²) in [7, 11) is 0. The summed E-state index contributed by atoms with van der Waals surface area (Å²) < 4.78 is 1.63. The van der Waals surface area contributed by atoms with Gasteiger partial charge in [0.15, 0.2) is 5.69 Å². The number of rotatable bonds is 4. The Morgan fingerprint density at radius 2 is 1.53 bits per heavy atom. The number of para-hydroxylation sites is 2. The first-order chi connectivity index (χ1) is 15.7. The number of pyridine rings is 1. The molecule has 2 aromatic heterocycles. The molecule has 4 aromatic rings. The first-order valence-corrected chi connectivity index (χ1v) is 10.8. The Labute approximate surface area is 190 Å². The van der Waals surface area contributed by atoms with Gasteiger partial charge in [-0.2, -0.15) is 0 Å². The summed E-state index contributed by atoms with van der Waals surface area (Å²) in [5, 5.41) is 9.13. The molecule has 1 aliphatic rings. The van der Waals surface area contributed by atoms with Crippen LogP contribution in [0.25, 0.3) is 16.9 Å². The van der Waals surface area contributed by atoms with E-state index in [2.05, 4.69) is 32.3 Å². The summed E-state index contributed by atoms with van der Waals surface area (Å²) >= 11 is 6.43. The average Bonchev–Trinajstić information content (AvgIpc) is 3.30. The number of benzene rings is 2. The van der Waals surface area contributed by atoms with E-state index in [-0.39, 0.29) is 5.91 Å². The molecule has 1 saturated heterocycles. The van der Waals surface area contributed by atoms with Crippen LogP contribution < -0.4 is 4.90 Å². The summed E-state index contributed by atoms with van der Waals surface area (Å²) in [6, 6.07) is 21.3. The van der Waals surface area contributed by atoms with Gasteiger partial charge in [-0.3, -0.25) is 9.78 Å². The lowest BCUT2D eigenvalue weighted by atomic mass is 10.1. The quantitative estimate of drug-likeness (QED) is 0.477. The minimum atomic E-state index is -0.136. The highest BCUT2D eigenvalue weighted by atomic mass is 35.5. The Bertz CT molecular complexity index is 1220. The molecule has 1 fully saturated rings. The molecule has 0 bridgehead atoms. The van der Waals surface area contributed by atoms with E-state index in [1.54, 1.807) is 23.1 Å². The predicted molar refractivity (Wildman–Crippen MR) is 124 cm³/mol. The fourth-order valence-corrected chi connectivity index (χ4v) is 4.16. The largest absolute Gasteiger partial charge is 0.368 e. The van der Waals surface area contributed by atoms with E-state index >= 15 is 0 Å². The van der Waals surface area contributed by atoms with E-state index in [4.69, 9.17) is 11.6 Å². The third kappa shape index (κ3) is 3.83. The molecular weight excluding hydrogens is 424 g/mol. The fourth-order valence-electron chi connectivity index (χ4n) is 3.94. The van der Waals surface area contributed by atoms with Crippen molar-refractivity contribution in [1.29, 1.82) is 0 Å². The molecule has 8 heteroatoms. The van der Waals surface area contributed by atoms with E-state index in [1.165, 1.54) is 5.69 Å². The first-order valence-electron chi connectivity index (χ1n) is 10.4. The highest BCUT2D eigenvalue weighted by Crippen LogP contribution is 2.29. The van der Waals surface area contributed by atoms with Crippen molar-refractivity contribution in [3.63, 3.8) is 0 Å². The van der Waals surface area contributed by atoms with Crippen LogP contribution in [-0.2, 0) is 0 Å². The molecule has 5 rings (SSSR count). The third-order valence-electron chi connectivity index (χ3n) is 5.60. The van der Waals surface area contributed by atoms with Crippen molar-refractivity contribution in [3.05, 3.63) is 89.8 Å². The van der Waals surface area contributed by atoms with Gasteiger partial charge in [-0.05, 0) is 36.4 Å². The SMILES string of the molecule is O=C(c1nnn(-c2ccccc2Cl)c1-c1ccncc1)N1CCN(c2ccccc2)CC1.